The number of hydrogen-bond donors (Lipinski definition) is 1. The van der Waals surface area contributed by atoms with Gasteiger partial charge in [-0.1, -0.05) is 6.92 Å². The molecule has 0 saturated carbocycles. The molecular formula is C13H21NO. The molecule has 2 heteroatoms. The standard InChI is InChI=1S/C13H21NO/c1-4-12-13(9(2)10(3)14-12)11-5-7-15-8-6-11/h11,14H,4-8H2,1-3H3. The van der Waals surface area contributed by atoms with E-state index in [1.165, 1.54) is 29.8 Å². The fraction of sp³-hybridized carbons (Fsp3) is 0.692. The van der Waals surface area contributed by atoms with Crippen LogP contribution in [0.3, 0.4) is 0 Å². The van der Waals surface area contributed by atoms with Crippen LogP contribution in [0.2, 0.25) is 0 Å². The van der Waals surface area contributed by atoms with Crippen LogP contribution < -0.4 is 0 Å². The molecule has 1 aromatic rings. The van der Waals surface area contributed by atoms with Crippen molar-refractivity contribution >= 4 is 0 Å². The first-order valence-electron chi connectivity index (χ1n) is 5.99. The lowest BCUT2D eigenvalue weighted by molar-refractivity contribution is 0.0851. The number of rotatable bonds is 2. The number of H-pyrrole nitrogens is 1. The molecule has 0 atom stereocenters. The third-order valence-electron chi connectivity index (χ3n) is 3.61. The molecule has 0 aromatic carbocycles. The summed E-state index contributed by atoms with van der Waals surface area (Å²) in [6.07, 6.45) is 3.48. The van der Waals surface area contributed by atoms with E-state index in [0.29, 0.717) is 0 Å². The summed E-state index contributed by atoms with van der Waals surface area (Å²) >= 11 is 0. The van der Waals surface area contributed by atoms with Crippen molar-refractivity contribution < 1.29 is 4.74 Å². The lowest BCUT2D eigenvalue weighted by atomic mass is 9.88. The fourth-order valence-electron chi connectivity index (χ4n) is 2.63. The fourth-order valence-corrected chi connectivity index (χ4v) is 2.63. The molecule has 2 nitrogen and oxygen atoms in total. The van der Waals surface area contributed by atoms with Crippen molar-refractivity contribution in [3.05, 3.63) is 22.5 Å². The van der Waals surface area contributed by atoms with E-state index in [-0.39, 0.29) is 0 Å². The van der Waals surface area contributed by atoms with Crippen LogP contribution in [-0.2, 0) is 11.2 Å². The summed E-state index contributed by atoms with van der Waals surface area (Å²) in [6, 6.07) is 0. The van der Waals surface area contributed by atoms with Gasteiger partial charge in [-0.25, -0.2) is 0 Å². The van der Waals surface area contributed by atoms with Crippen molar-refractivity contribution in [2.75, 3.05) is 13.2 Å². The minimum Gasteiger partial charge on any atom is -0.381 e. The van der Waals surface area contributed by atoms with E-state index in [1.807, 2.05) is 0 Å². The van der Waals surface area contributed by atoms with Crippen molar-refractivity contribution in [3.8, 4) is 0 Å². The Bertz CT molecular complexity index is 335. The van der Waals surface area contributed by atoms with Gasteiger partial charge in [-0.3, -0.25) is 0 Å². The van der Waals surface area contributed by atoms with Gasteiger partial charge in [-0.15, -0.1) is 0 Å². The lowest BCUT2D eigenvalue weighted by Crippen LogP contribution is -2.15. The molecule has 1 saturated heterocycles. The van der Waals surface area contributed by atoms with Gasteiger partial charge in [0.25, 0.3) is 0 Å². The van der Waals surface area contributed by atoms with Crippen molar-refractivity contribution in [3.63, 3.8) is 0 Å². The molecule has 0 aliphatic carbocycles. The maximum atomic E-state index is 5.43. The molecular weight excluding hydrogens is 186 g/mol. The van der Waals surface area contributed by atoms with Crippen LogP contribution in [-0.4, -0.2) is 18.2 Å². The van der Waals surface area contributed by atoms with Gasteiger partial charge in [0.1, 0.15) is 0 Å². The quantitative estimate of drug-likeness (QED) is 0.792. The molecule has 0 spiro atoms. The topological polar surface area (TPSA) is 25.0 Å². The van der Waals surface area contributed by atoms with Crippen molar-refractivity contribution in [2.45, 2.75) is 46.0 Å². The molecule has 0 amide bonds. The summed E-state index contributed by atoms with van der Waals surface area (Å²) < 4.78 is 5.43. The molecule has 0 bridgehead atoms. The van der Waals surface area contributed by atoms with E-state index in [9.17, 15) is 0 Å². The summed E-state index contributed by atoms with van der Waals surface area (Å²) in [5.41, 5.74) is 5.84. The van der Waals surface area contributed by atoms with E-state index in [1.54, 1.807) is 5.56 Å². The SMILES string of the molecule is CCc1[nH]c(C)c(C)c1C1CCOCC1. The molecule has 1 aliphatic rings. The highest BCUT2D eigenvalue weighted by Crippen LogP contribution is 2.33. The Morgan fingerprint density at radius 1 is 1.27 bits per heavy atom. The van der Waals surface area contributed by atoms with E-state index in [2.05, 4.69) is 25.8 Å². The van der Waals surface area contributed by atoms with Crippen molar-refractivity contribution in [2.24, 2.45) is 0 Å². The average molecular weight is 207 g/mol. The lowest BCUT2D eigenvalue weighted by Gasteiger charge is -2.23. The maximum Gasteiger partial charge on any atom is 0.0471 e. The van der Waals surface area contributed by atoms with Crippen LogP contribution >= 0.6 is 0 Å². The third kappa shape index (κ3) is 1.96. The van der Waals surface area contributed by atoms with E-state index < -0.39 is 0 Å². The van der Waals surface area contributed by atoms with Gasteiger partial charge in [0.2, 0.25) is 0 Å². The smallest absolute Gasteiger partial charge is 0.0471 e. The van der Waals surface area contributed by atoms with Crippen LogP contribution in [0.5, 0.6) is 0 Å². The van der Waals surface area contributed by atoms with Crippen LogP contribution in [0.15, 0.2) is 0 Å². The monoisotopic (exact) mass is 207 g/mol. The predicted molar refractivity (Wildman–Crippen MR) is 62.4 cm³/mol. The van der Waals surface area contributed by atoms with Crippen LogP contribution in [0.25, 0.3) is 0 Å². The summed E-state index contributed by atoms with van der Waals surface area (Å²) in [5.74, 6) is 0.721. The molecule has 0 unspecified atom stereocenters. The average Bonchev–Trinajstić information content (AvgIpc) is 2.56. The summed E-state index contributed by atoms with van der Waals surface area (Å²) in [5, 5.41) is 0. The molecule has 1 N–H and O–H groups in total. The van der Waals surface area contributed by atoms with Crippen molar-refractivity contribution in [1.29, 1.82) is 0 Å². The molecule has 2 rings (SSSR count). The van der Waals surface area contributed by atoms with Crippen LogP contribution in [0, 0.1) is 13.8 Å². The zero-order chi connectivity index (χ0) is 10.8. The van der Waals surface area contributed by atoms with Crippen molar-refractivity contribution in [1.82, 2.24) is 4.98 Å². The summed E-state index contributed by atoms with van der Waals surface area (Å²) in [6.45, 7) is 8.51. The molecule has 0 radical (unpaired) electrons. The summed E-state index contributed by atoms with van der Waals surface area (Å²) in [4.78, 5) is 3.52. The number of aromatic amines is 1. The van der Waals surface area contributed by atoms with Crippen LogP contribution in [0.1, 0.15) is 48.2 Å². The number of nitrogens with one attached hydrogen (secondary N) is 1. The molecule has 84 valence electrons. The van der Waals surface area contributed by atoms with Gasteiger partial charge in [-0.05, 0) is 50.2 Å². The zero-order valence-electron chi connectivity index (χ0n) is 10.0. The van der Waals surface area contributed by atoms with Gasteiger partial charge in [0.15, 0.2) is 0 Å². The highest BCUT2D eigenvalue weighted by atomic mass is 16.5. The largest absolute Gasteiger partial charge is 0.381 e. The highest BCUT2D eigenvalue weighted by Gasteiger charge is 2.22. The van der Waals surface area contributed by atoms with Gasteiger partial charge in [0.05, 0.1) is 0 Å². The predicted octanol–water partition coefficient (Wildman–Crippen LogP) is 3.09. The van der Waals surface area contributed by atoms with Gasteiger partial charge in [-0.2, -0.15) is 0 Å². The zero-order valence-corrected chi connectivity index (χ0v) is 10.0. The Morgan fingerprint density at radius 3 is 2.53 bits per heavy atom. The molecule has 15 heavy (non-hydrogen) atoms. The van der Waals surface area contributed by atoms with E-state index >= 15 is 0 Å². The van der Waals surface area contributed by atoms with Gasteiger partial charge in [0, 0.05) is 24.6 Å². The highest BCUT2D eigenvalue weighted by molar-refractivity contribution is 5.38. The van der Waals surface area contributed by atoms with Gasteiger partial charge < -0.3 is 9.72 Å². The second-order valence-corrected chi connectivity index (χ2v) is 4.51. The Balaban J connectivity index is 2.31. The number of aromatic nitrogens is 1. The number of ether oxygens (including phenoxy) is 1. The van der Waals surface area contributed by atoms with E-state index in [0.717, 1.165) is 25.6 Å². The Morgan fingerprint density at radius 2 is 1.93 bits per heavy atom. The first-order chi connectivity index (χ1) is 7.24. The molecule has 1 fully saturated rings. The molecule has 1 aliphatic heterocycles. The maximum absolute atomic E-state index is 5.43. The normalized spacial score (nSPS) is 18.3. The molecule has 2 heterocycles. The summed E-state index contributed by atoms with van der Waals surface area (Å²) in [7, 11) is 0. The minimum absolute atomic E-state index is 0.721. The first kappa shape index (κ1) is 10.7. The number of hydrogen-bond acceptors (Lipinski definition) is 1. The van der Waals surface area contributed by atoms with Crippen LogP contribution in [0.4, 0.5) is 0 Å². The minimum atomic E-state index is 0.721. The first-order valence-corrected chi connectivity index (χ1v) is 5.99. The third-order valence-corrected chi connectivity index (χ3v) is 3.61. The second-order valence-electron chi connectivity index (χ2n) is 4.51. The number of aryl methyl sites for hydroxylation is 2. The Labute approximate surface area is 92.0 Å². The van der Waals surface area contributed by atoms with E-state index in [4.69, 9.17) is 4.74 Å². The second kappa shape index (κ2) is 4.40. The molecule has 1 aromatic heterocycles. The Kier molecular flexibility index (Phi) is 3.15. The van der Waals surface area contributed by atoms with Gasteiger partial charge >= 0.3 is 0 Å². The Hall–Kier alpha value is -0.760.